The summed E-state index contributed by atoms with van der Waals surface area (Å²) in [6, 6.07) is 9.21. The van der Waals surface area contributed by atoms with E-state index in [1.165, 1.54) is 6.07 Å². The van der Waals surface area contributed by atoms with Gasteiger partial charge in [0.05, 0.1) is 17.9 Å². The molecule has 0 fully saturated rings. The summed E-state index contributed by atoms with van der Waals surface area (Å²) in [5.74, 6) is 0.682. The molecule has 0 aliphatic heterocycles. The van der Waals surface area contributed by atoms with Crippen LogP contribution in [-0.4, -0.2) is 27.0 Å². The number of alkyl halides is 3. The molecule has 0 saturated heterocycles. The van der Waals surface area contributed by atoms with Crippen LogP contribution in [0.15, 0.2) is 36.4 Å². The highest BCUT2D eigenvalue weighted by molar-refractivity contribution is 7.90. The van der Waals surface area contributed by atoms with Gasteiger partial charge in [0, 0.05) is 6.26 Å². The summed E-state index contributed by atoms with van der Waals surface area (Å²) in [5, 5.41) is 0. The fourth-order valence-electron chi connectivity index (χ4n) is 3.32. The van der Waals surface area contributed by atoms with Crippen molar-refractivity contribution in [3.63, 3.8) is 0 Å². The molecular formula is C22H27F3O3S. The summed E-state index contributed by atoms with van der Waals surface area (Å²) >= 11 is 0. The molecule has 0 saturated carbocycles. The maximum atomic E-state index is 13.6. The number of hydrogen-bond donors (Lipinski definition) is 0. The molecule has 0 radical (unpaired) electrons. The summed E-state index contributed by atoms with van der Waals surface area (Å²) in [4.78, 5) is 0. The molecule has 7 heteroatoms. The summed E-state index contributed by atoms with van der Waals surface area (Å²) < 4.78 is 68.7. The Kier molecular flexibility index (Phi) is 7.38. The third-order valence-corrected chi connectivity index (χ3v) is 6.06. The average molecular weight is 429 g/mol. The molecule has 0 aromatic heterocycles. The quantitative estimate of drug-likeness (QED) is 0.484. The Morgan fingerprint density at radius 3 is 2.21 bits per heavy atom. The summed E-state index contributed by atoms with van der Waals surface area (Å²) in [6.45, 7) is 5.98. The van der Waals surface area contributed by atoms with E-state index in [1.807, 2.05) is 13.8 Å². The van der Waals surface area contributed by atoms with E-state index in [-0.39, 0.29) is 23.8 Å². The van der Waals surface area contributed by atoms with E-state index in [4.69, 9.17) is 4.74 Å². The molecule has 0 spiro atoms. The van der Waals surface area contributed by atoms with Crippen LogP contribution in [0.5, 0.6) is 5.75 Å². The minimum Gasteiger partial charge on any atom is -0.494 e. The van der Waals surface area contributed by atoms with Gasteiger partial charge in [-0.3, -0.25) is 0 Å². The first-order chi connectivity index (χ1) is 13.4. The first kappa shape index (κ1) is 23.3. The summed E-state index contributed by atoms with van der Waals surface area (Å²) in [6.07, 6.45) is -2.09. The van der Waals surface area contributed by atoms with E-state index in [2.05, 4.69) is 0 Å². The van der Waals surface area contributed by atoms with Gasteiger partial charge in [-0.15, -0.1) is 0 Å². The number of halogens is 3. The Morgan fingerprint density at radius 1 is 1.07 bits per heavy atom. The molecule has 2 aromatic carbocycles. The predicted octanol–water partition coefficient (Wildman–Crippen LogP) is 6.01. The lowest BCUT2D eigenvalue weighted by Gasteiger charge is -2.21. The van der Waals surface area contributed by atoms with Crippen molar-refractivity contribution in [3.8, 4) is 16.9 Å². The standard InChI is InChI=1S/C22H27F3O3S/c1-5-15(2)19-11-12-20(22(23,24)25)21(16(19)3)17-7-9-18(10-8-17)28-13-6-14-29(4,26)27/h7-12,15H,5-6,13-14H2,1-4H3/t15-/m1/s1. The van der Waals surface area contributed by atoms with Crippen molar-refractivity contribution in [2.75, 3.05) is 18.6 Å². The van der Waals surface area contributed by atoms with Crippen molar-refractivity contribution in [2.45, 2.75) is 45.7 Å². The monoisotopic (exact) mass is 428 g/mol. The summed E-state index contributed by atoms with van der Waals surface area (Å²) in [7, 11) is -3.04. The average Bonchev–Trinajstić information content (AvgIpc) is 2.63. The van der Waals surface area contributed by atoms with Gasteiger partial charge in [0.15, 0.2) is 0 Å². The molecular weight excluding hydrogens is 401 g/mol. The van der Waals surface area contributed by atoms with Gasteiger partial charge in [-0.1, -0.05) is 32.0 Å². The van der Waals surface area contributed by atoms with Crippen LogP contribution in [0.4, 0.5) is 13.2 Å². The van der Waals surface area contributed by atoms with Crippen LogP contribution in [0.1, 0.15) is 49.3 Å². The second-order valence-electron chi connectivity index (χ2n) is 7.37. The molecule has 160 valence electrons. The van der Waals surface area contributed by atoms with Crippen LogP contribution in [0.2, 0.25) is 0 Å². The zero-order valence-electron chi connectivity index (χ0n) is 17.1. The highest BCUT2D eigenvalue weighted by Crippen LogP contribution is 2.42. The lowest BCUT2D eigenvalue weighted by Crippen LogP contribution is -2.10. The minimum atomic E-state index is -4.45. The highest BCUT2D eigenvalue weighted by Gasteiger charge is 2.35. The second-order valence-corrected chi connectivity index (χ2v) is 9.63. The Balaban J connectivity index is 2.33. The third-order valence-electron chi connectivity index (χ3n) is 5.03. The SMILES string of the molecule is CC[C@@H](C)c1ccc(C(F)(F)F)c(-c2ccc(OCCCS(C)(=O)=O)cc2)c1C. The fraction of sp³-hybridized carbons (Fsp3) is 0.455. The maximum Gasteiger partial charge on any atom is 0.417 e. The first-order valence-electron chi connectivity index (χ1n) is 9.55. The van der Waals surface area contributed by atoms with E-state index in [0.717, 1.165) is 18.2 Å². The zero-order chi connectivity index (χ0) is 21.8. The van der Waals surface area contributed by atoms with E-state index in [9.17, 15) is 21.6 Å². The molecule has 0 aliphatic carbocycles. The molecule has 0 unspecified atom stereocenters. The van der Waals surface area contributed by atoms with Crippen LogP contribution < -0.4 is 4.74 Å². The van der Waals surface area contributed by atoms with Gasteiger partial charge >= 0.3 is 6.18 Å². The molecule has 3 nitrogen and oxygen atoms in total. The summed E-state index contributed by atoms with van der Waals surface area (Å²) in [5.41, 5.74) is 1.57. The van der Waals surface area contributed by atoms with Crippen molar-refractivity contribution in [1.82, 2.24) is 0 Å². The van der Waals surface area contributed by atoms with E-state index in [0.29, 0.717) is 23.3 Å². The van der Waals surface area contributed by atoms with Gasteiger partial charge in [-0.05, 0) is 66.1 Å². The Hall–Kier alpha value is -2.02. The van der Waals surface area contributed by atoms with Gasteiger partial charge in [0.1, 0.15) is 15.6 Å². The Morgan fingerprint density at radius 2 is 1.69 bits per heavy atom. The molecule has 0 heterocycles. The van der Waals surface area contributed by atoms with Gasteiger partial charge in [-0.2, -0.15) is 13.2 Å². The normalized spacial score (nSPS) is 13.3. The molecule has 0 bridgehead atoms. The Bertz CT molecular complexity index is 933. The fourth-order valence-corrected chi connectivity index (χ4v) is 3.96. The lowest BCUT2D eigenvalue weighted by atomic mass is 9.86. The minimum absolute atomic E-state index is 0.0294. The topological polar surface area (TPSA) is 43.4 Å². The smallest absolute Gasteiger partial charge is 0.417 e. The third kappa shape index (κ3) is 6.23. The first-order valence-corrected chi connectivity index (χ1v) is 11.6. The lowest BCUT2D eigenvalue weighted by molar-refractivity contribution is -0.137. The van der Waals surface area contributed by atoms with Gasteiger partial charge in [0.2, 0.25) is 0 Å². The van der Waals surface area contributed by atoms with Crippen LogP contribution in [0, 0.1) is 6.92 Å². The number of benzene rings is 2. The van der Waals surface area contributed by atoms with Crippen LogP contribution in [0.3, 0.4) is 0 Å². The number of rotatable bonds is 8. The predicted molar refractivity (Wildman–Crippen MR) is 110 cm³/mol. The van der Waals surface area contributed by atoms with Crippen molar-refractivity contribution < 1.29 is 26.3 Å². The molecule has 0 N–H and O–H groups in total. The molecule has 2 aromatic rings. The van der Waals surface area contributed by atoms with Crippen LogP contribution in [-0.2, 0) is 16.0 Å². The van der Waals surface area contributed by atoms with Crippen molar-refractivity contribution in [2.24, 2.45) is 0 Å². The van der Waals surface area contributed by atoms with E-state index < -0.39 is 21.6 Å². The van der Waals surface area contributed by atoms with Crippen LogP contribution >= 0.6 is 0 Å². The molecule has 2 rings (SSSR count). The van der Waals surface area contributed by atoms with Crippen molar-refractivity contribution >= 4 is 9.84 Å². The van der Waals surface area contributed by atoms with Crippen molar-refractivity contribution in [3.05, 3.63) is 53.1 Å². The van der Waals surface area contributed by atoms with Gasteiger partial charge < -0.3 is 4.74 Å². The number of sulfone groups is 1. The Labute approximate surface area is 170 Å². The van der Waals surface area contributed by atoms with E-state index >= 15 is 0 Å². The van der Waals surface area contributed by atoms with E-state index in [1.54, 1.807) is 37.3 Å². The van der Waals surface area contributed by atoms with Gasteiger partial charge in [0.25, 0.3) is 0 Å². The highest BCUT2D eigenvalue weighted by atomic mass is 32.2. The number of ether oxygens (including phenoxy) is 1. The molecule has 0 amide bonds. The number of hydrogen-bond acceptors (Lipinski definition) is 3. The largest absolute Gasteiger partial charge is 0.494 e. The molecule has 0 aliphatic rings. The molecule has 1 atom stereocenters. The maximum absolute atomic E-state index is 13.6. The van der Waals surface area contributed by atoms with Gasteiger partial charge in [-0.25, -0.2) is 8.42 Å². The second kappa shape index (κ2) is 9.20. The van der Waals surface area contributed by atoms with Crippen molar-refractivity contribution in [1.29, 1.82) is 0 Å². The van der Waals surface area contributed by atoms with Crippen LogP contribution in [0.25, 0.3) is 11.1 Å². The zero-order valence-corrected chi connectivity index (χ0v) is 18.0. The molecule has 29 heavy (non-hydrogen) atoms.